The summed E-state index contributed by atoms with van der Waals surface area (Å²) in [6.45, 7) is 4.07. The maximum absolute atomic E-state index is 12.7. The Bertz CT molecular complexity index is 1020. The first-order valence-electron chi connectivity index (χ1n) is 9.41. The zero-order valence-corrected chi connectivity index (χ0v) is 17.2. The molecular formula is C18H19N7O2S2. The molecule has 0 saturated carbocycles. The summed E-state index contributed by atoms with van der Waals surface area (Å²) in [6.07, 6.45) is 2.04. The lowest BCUT2D eigenvalue weighted by molar-refractivity contribution is -0.130. The molecule has 0 atom stereocenters. The third-order valence-electron chi connectivity index (χ3n) is 5.02. The van der Waals surface area contributed by atoms with Crippen molar-refractivity contribution in [2.45, 2.75) is 6.42 Å². The van der Waals surface area contributed by atoms with Gasteiger partial charge in [0.05, 0.1) is 12.1 Å². The van der Waals surface area contributed by atoms with E-state index in [0.29, 0.717) is 31.3 Å². The maximum atomic E-state index is 12.7. The molecule has 0 unspecified atom stereocenters. The number of anilines is 2. The van der Waals surface area contributed by atoms with Crippen molar-refractivity contribution in [1.82, 2.24) is 25.2 Å². The monoisotopic (exact) mass is 429 g/mol. The van der Waals surface area contributed by atoms with E-state index in [0.717, 1.165) is 34.3 Å². The van der Waals surface area contributed by atoms with Crippen molar-refractivity contribution in [1.29, 1.82) is 0 Å². The van der Waals surface area contributed by atoms with E-state index in [2.05, 4.69) is 25.2 Å². The van der Waals surface area contributed by atoms with Gasteiger partial charge in [-0.05, 0) is 12.1 Å². The molecule has 2 saturated heterocycles. The Balaban J connectivity index is 1.18. The summed E-state index contributed by atoms with van der Waals surface area (Å²) >= 11 is 2.99. The van der Waals surface area contributed by atoms with Gasteiger partial charge in [-0.2, -0.15) is 0 Å². The maximum Gasteiger partial charge on any atom is 0.323 e. The van der Waals surface area contributed by atoms with Gasteiger partial charge in [-0.3, -0.25) is 9.69 Å². The summed E-state index contributed by atoms with van der Waals surface area (Å²) in [5, 5.41) is 6.23. The second-order valence-corrected chi connectivity index (χ2v) is 8.67. The van der Waals surface area contributed by atoms with Crippen LogP contribution in [0.4, 0.5) is 15.1 Å². The average Bonchev–Trinajstić information content (AvgIpc) is 3.47. The van der Waals surface area contributed by atoms with Crippen LogP contribution in [0.2, 0.25) is 0 Å². The van der Waals surface area contributed by atoms with Crippen molar-refractivity contribution in [2.24, 2.45) is 0 Å². The van der Waals surface area contributed by atoms with Crippen molar-refractivity contribution in [3.8, 4) is 0 Å². The standard InChI is InChI=1S/C18H19N7O2S2/c26-14(10-12-11-28-18(21-12)25-5-4-20-16(25)27)23-6-8-24(9-7-23)17-22-13-2-1-3-19-15(13)29-17/h1-3,11H,4-10H2,(H,20,27). The van der Waals surface area contributed by atoms with Crippen LogP contribution in [0.25, 0.3) is 10.3 Å². The van der Waals surface area contributed by atoms with Crippen LogP contribution in [0.15, 0.2) is 23.7 Å². The molecule has 2 aliphatic rings. The Morgan fingerprint density at radius 1 is 1.14 bits per heavy atom. The molecule has 3 aromatic heterocycles. The molecule has 1 N–H and O–H groups in total. The number of nitrogens with zero attached hydrogens (tertiary/aromatic N) is 6. The Morgan fingerprint density at radius 3 is 2.76 bits per heavy atom. The third kappa shape index (κ3) is 3.62. The van der Waals surface area contributed by atoms with Gasteiger partial charge in [0.25, 0.3) is 0 Å². The quantitative estimate of drug-likeness (QED) is 0.677. The molecule has 0 aliphatic carbocycles. The number of amides is 3. The highest BCUT2D eigenvalue weighted by molar-refractivity contribution is 7.21. The second kappa shape index (κ2) is 7.56. The van der Waals surface area contributed by atoms with E-state index in [1.165, 1.54) is 11.3 Å². The number of rotatable bonds is 4. The zero-order chi connectivity index (χ0) is 19.8. The summed E-state index contributed by atoms with van der Waals surface area (Å²) in [4.78, 5) is 44.6. The van der Waals surface area contributed by atoms with Gasteiger partial charge in [0, 0.05) is 50.8 Å². The smallest absolute Gasteiger partial charge is 0.323 e. The molecule has 0 aromatic carbocycles. The number of carbonyl (C=O) groups is 2. The number of carbonyl (C=O) groups excluding carboxylic acids is 2. The molecule has 3 amide bonds. The van der Waals surface area contributed by atoms with E-state index in [-0.39, 0.29) is 18.4 Å². The SMILES string of the molecule is O=C(Cc1csc(N2CCNC2=O)n1)N1CCN(c2nc3cccnc3s2)CC1. The lowest BCUT2D eigenvalue weighted by Crippen LogP contribution is -2.49. The third-order valence-corrected chi connectivity index (χ3v) is 6.97. The molecule has 11 heteroatoms. The van der Waals surface area contributed by atoms with Crippen LogP contribution in [0, 0.1) is 0 Å². The number of fused-ring (bicyclic) bond motifs is 1. The summed E-state index contributed by atoms with van der Waals surface area (Å²) in [6, 6.07) is 3.73. The molecule has 0 radical (unpaired) electrons. The molecule has 2 aliphatic heterocycles. The summed E-state index contributed by atoms with van der Waals surface area (Å²) in [5.41, 5.74) is 1.63. The number of aromatic nitrogens is 3. The molecular weight excluding hydrogens is 410 g/mol. The minimum atomic E-state index is -0.126. The fourth-order valence-corrected chi connectivity index (χ4v) is 5.27. The predicted molar refractivity (Wildman–Crippen MR) is 113 cm³/mol. The summed E-state index contributed by atoms with van der Waals surface area (Å²) in [7, 11) is 0. The zero-order valence-electron chi connectivity index (χ0n) is 15.6. The van der Waals surface area contributed by atoms with Crippen molar-refractivity contribution in [3.63, 3.8) is 0 Å². The highest BCUT2D eigenvalue weighted by atomic mass is 32.1. The molecule has 9 nitrogen and oxygen atoms in total. The molecule has 2 fully saturated rings. The van der Waals surface area contributed by atoms with Crippen molar-refractivity contribution < 1.29 is 9.59 Å². The van der Waals surface area contributed by atoms with E-state index in [1.807, 2.05) is 22.4 Å². The number of urea groups is 1. The number of hydrogen-bond acceptors (Lipinski definition) is 8. The van der Waals surface area contributed by atoms with Crippen LogP contribution in [-0.2, 0) is 11.2 Å². The van der Waals surface area contributed by atoms with Gasteiger partial charge >= 0.3 is 6.03 Å². The largest absolute Gasteiger partial charge is 0.344 e. The first-order valence-corrected chi connectivity index (χ1v) is 11.1. The van der Waals surface area contributed by atoms with Gasteiger partial charge in [0.1, 0.15) is 10.3 Å². The highest BCUT2D eigenvalue weighted by Gasteiger charge is 2.26. The molecule has 0 bridgehead atoms. The Morgan fingerprint density at radius 2 is 2.00 bits per heavy atom. The van der Waals surface area contributed by atoms with E-state index in [4.69, 9.17) is 0 Å². The normalized spacial score (nSPS) is 17.2. The minimum Gasteiger partial charge on any atom is -0.344 e. The highest BCUT2D eigenvalue weighted by Crippen LogP contribution is 2.28. The fraction of sp³-hybridized carbons (Fsp3) is 0.389. The van der Waals surface area contributed by atoms with Crippen LogP contribution in [0.1, 0.15) is 5.69 Å². The first-order chi connectivity index (χ1) is 14.2. The van der Waals surface area contributed by atoms with E-state index in [1.54, 1.807) is 22.4 Å². The van der Waals surface area contributed by atoms with E-state index >= 15 is 0 Å². The van der Waals surface area contributed by atoms with E-state index < -0.39 is 0 Å². The summed E-state index contributed by atoms with van der Waals surface area (Å²) < 4.78 is 0. The Labute approximate surface area is 175 Å². The second-order valence-electron chi connectivity index (χ2n) is 6.87. The number of pyridine rings is 1. The van der Waals surface area contributed by atoms with Crippen molar-refractivity contribution in [3.05, 3.63) is 29.4 Å². The van der Waals surface area contributed by atoms with Gasteiger partial charge in [-0.1, -0.05) is 11.3 Å². The van der Waals surface area contributed by atoms with Gasteiger partial charge in [0.15, 0.2) is 10.3 Å². The van der Waals surface area contributed by atoms with Gasteiger partial charge in [0.2, 0.25) is 5.91 Å². The molecule has 3 aromatic rings. The molecule has 5 heterocycles. The predicted octanol–water partition coefficient (Wildman–Crippen LogP) is 1.57. The van der Waals surface area contributed by atoms with Gasteiger partial charge in [-0.15, -0.1) is 11.3 Å². The number of thiazole rings is 2. The molecule has 150 valence electrons. The van der Waals surface area contributed by atoms with Crippen molar-refractivity contribution in [2.75, 3.05) is 49.1 Å². The number of hydrogen-bond donors (Lipinski definition) is 1. The topological polar surface area (TPSA) is 94.6 Å². The summed E-state index contributed by atoms with van der Waals surface area (Å²) in [5.74, 6) is 0.0679. The fourth-order valence-electron chi connectivity index (χ4n) is 3.46. The number of nitrogens with one attached hydrogen (secondary N) is 1. The lowest BCUT2D eigenvalue weighted by atomic mass is 10.2. The van der Waals surface area contributed by atoms with E-state index in [9.17, 15) is 9.59 Å². The Hall–Kier alpha value is -2.79. The average molecular weight is 430 g/mol. The lowest BCUT2D eigenvalue weighted by Gasteiger charge is -2.34. The van der Waals surface area contributed by atoms with Crippen LogP contribution in [-0.4, -0.2) is 71.1 Å². The molecule has 0 spiro atoms. The number of piperazine rings is 1. The van der Waals surface area contributed by atoms with Gasteiger partial charge in [-0.25, -0.2) is 19.7 Å². The first kappa shape index (κ1) is 18.3. The minimum absolute atomic E-state index is 0.0679. The van der Waals surface area contributed by atoms with Crippen molar-refractivity contribution >= 4 is 55.2 Å². The van der Waals surface area contributed by atoms with Gasteiger partial charge < -0.3 is 15.1 Å². The molecule has 29 heavy (non-hydrogen) atoms. The Kier molecular flexibility index (Phi) is 4.76. The van der Waals surface area contributed by atoms with Crippen LogP contribution >= 0.6 is 22.7 Å². The van der Waals surface area contributed by atoms with Crippen LogP contribution in [0.3, 0.4) is 0 Å². The van der Waals surface area contributed by atoms with Crippen LogP contribution < -0.4 is 15.1 Å². The van der Waals surface area contributed by atoms with Crippen LogP contribution in [0.5, 0.6) is 0 Å². The molecule has 5 rings (SSSR count).